The van der Waals surface area contributed by atoms with E-state index in [4.69, 9.17) is 10.5 Å². The summed E-state index contributed by atoms with van der Waals surface area (Å²) in [5.41, 5.74) is 8.04. The molecule has 0 unspecified atom stereocenters. The minimum absolute atomic E-state index is 0.720. The number of anilines is 1. The van der Waals surface area contributed by atoms with Crippen LogP contribution in [0.5, 0.6) is 5.75 Å². The van der Waals surface area contributed by atoms with Gasteiger partial charge in [0.15, 0.2) is 0 Å². The van der Waals surface area contributed by atoms with Crippen LogP contribution < -0.4 is 10.5 Å². The quantitative estimate of drug-likeness (QED) is 0.758. The molecule has 0 aliphatic carbocycles. The number of ether oxygens (including phenoxy) is 1. The maximum atomic E-state index is 6.00. The van der Waals surface area contributed by atoms with Gasteiger partial charge in [-0.1, -0.05) is 31.2 Å². The van der Waals surface area contributed by atoms with Crippen molar-refractivity contribution >= 4 is 16.5 Å². The molecule has 2 nitrogen and oxygen atoms in total. The van der Waals surface area contributed by atoms with E-state index in [-0.39, 0.29) is 0 Å². The van der Waals surface area contributed by atoms with Crippen LogP contribution in [-0.4, -0.2) is 7.11 Å². The highest BCUT2D eigenvalue weighted by atomic mass is 16.5. The van der Waals surface area contributed by atoms with Crippen molar-refractivity contribution < 1.29 is 4.74 Å². The van der Waals surface area contributed by atoms with Gasteiger partial charge in [-0.2, -0.15) is 0 Å². The highest BCUT2D eigenvalue weighted by molar-refractivity contribution is 5.96. The van der Waals surface area contributed by atoms with E-state index >= 15 is 0 Å². The molecule has 0 aromatic heterocycles. The lowest BCUT2D eigenvalue weighted by Gasteiger charge is -2.08. The Bertz CT molecular complexity index is 491. The van der Waals surface area contributed by atoms with Crippen molar-refractivity contribution in [3.8, 4) is 5.75 Å². The van der Waals surface area contributed by atoms with Crippen molar-refractivity contribution in [3.05, 3.63) is 35.9 Å². The summed E-state index contributed by atoms with van der Waals surface area (Å²) in [6.07, 6.45) is 1.04. The number of methoxy groups -OCH3 is 1. The molecule has 2 aromatic carbocycles. The summed E-state index contributed by atoms with van der Waals surface area (Å²) >= 11 is 0. The van der Waals surface area contributed by atoms with E-state index in [0.29, 0.717) is 0 Å². The van der Waals surface area contributed by atoms with E-state index in [1.807, 2.05) is 12.1 Å². The second-order valence-electron chi connectivity index (χ2n) is 3.59. The third-order valence-electron chi connectivity index (χ3n) is 2.71. The van der Waals surface area contributed by atoms with Gasteiger partial charge in [0.05, 0.1) is 12.8 Å². The normalized spacial score (nSPS) is 10.5. The Morgan fingerprint density at radius 3 is 2.67 bits per heavy atom. The third-order valence-corrected chi connectivity index (χ3v) is 2.71. The van der Waals surface area contributed by atoms with Crippen molar-refractivity contribution in [2.75, 3.05) is 12.8 Å². The summed E-state index contributed by atoms with van der Waals surface area (Å²) in [5, 5.41) is 2.24. The smallest absolute Gasteiger partial charge is 0.142 e. The first-order valence-electron chi connectivity index (χ1n) is 5.11. The van der Waals surface area contributed by atoms with Crippen LogP contribution >= 0.6 is 0 Å². The number of nitrogen functional groups attached to an aromatic ring is 1. The van der Waals surface area contributed by atoms with Gasteiger partial charge in [0.2, 0.25) is 0 Å². The van der Waals surface area contributed by atoms with Crippen LogP contribution in [0.4, 0.5) is 5.69 Å². The van der Waals surface area contributed by atoms with Crippen LogP contribution in [0.25, 0.3) is 10.8 Å². The summed E-state index contributed by atoms with van der Waals surface area (Å²) in [4.78, 5) is 0. The Morgan fingerprint density at radius 1 is 1.20 bits per heavy atom. The number of nitrogens with two attached hydrogens (primary N) is 1. The molecule has 2 heteroatoms. The fraction of sp³-hybridized carbons (Fsp3) is 0.231. The zero-order valence-corrected chi connectivity index (χ0v) is 9.08. The standard InChI is InChI=1S/C13H15NO/c1-3-9-4-6-11-10(8-9)5-7-12(15-2)13(11)14/h4-8H,3,14H2,1-2H3. The number of benzene rings is 2. The second kappa shape index (κ2) is 3.81. The van der Waals surface area contributed by atoms with E-state index in [2.05, 4.69) is 25.1 Å². The zero-order chi connectivity index (χ0) is 10.8. The number of fused-ring (bicyclic) bond motifs is 1. The van der Waals surface area contributed by atoms with Crippen molar-refractivity contribution in [2.24, 2.45) is 0 Å². The molecular weight excluding hydrogens is 186 g/mol. The van der Waals surface area contributed by atoms with E-state index < -0.39 is 0 Å². The minimum Gasteiger partial charge on any atom is -0.495 e. The van der Waals surface area contributed by atoms with Gasteiger partial charge >= 0.3 is 0 Å². The molecule has 0 radical (unpaired) electrons. The first-order chi connectivity index (χ1) is 7.26. The molecule has 0 fully saturated rings. The van der Waals surface area contributed by atoms with Crippen LogP contribution in [0, 0.1) is 0 Å². The Kier molecular flexibility index (Phi) is 2.50. The summed E-state index contributed by atoms with van der Waals surface area (Å²) in [5.74, 6) is 0.742. The molecule has 0 saturated heterocycles. The average Bonchev–Trinajstić information content (AvgIpc) is 2.29. The average molecular weight is 201 g/mol. The van der Waals surface area contributed by atoms with E-state index in [1.165, 1.54) is 10.9 Å². The topological polar surface area (TPSA) is 35.2 Å². The predicted octanol–water partition coefficient (Wildman–Crippen LogP) is 2.99. The molecule has 78 valence electrons. The molecule has 15 heavy (non-hydrogen) atoms. The van der Waals surface area contributed by atoms with Crippen LogP contribution in [0.2, 0.25) is 0 Å². The Morgan fingerprint density at radius 2 is 2.00 bits per heavy atom. The van der Waals surface area contributed by atoms with E-state index in [9.17, 15) is 0 Å². The molecule has 0 bridgehead atoms. The van der Waals surface area contributed by atoms with Gasteiger partial charge in [-0.3, -0.25) is 0 Å². The van der Waals surface area contributed by atoms with Crippen molar-refractivity contribution in [2.45, 2.75) is 13.3 Å². The third kappa shape index (κ3) is 1.63. The van der Waals surface area contributed by atoms with Crippen molar-refractivity contribution in [1.29, 1.82) is 0 Å². The lowest BCUT2D eigenvalue weighted by Crippen LogP contribution is -1.93. The first-order valence-corrected chi connectivity index (χ1v) is 5.11. The van der Waals surface area contributed by atoms with Gasteiger partial charge in [0.25, 0.3) is 0 Å². The number of hydrogen-bond donors (Lipinski definition) is 1. The van der Waals surface area contributed by atoms with Gasteiger partial charge in [-0.05, 0) is 23.4 Å². The van der Waals surface area contributed by atoms with Crippen LogP contribution in [0.3, 0.4) is 0 Å². The number of hydrogen-bond acceptors (Lipinski definition) is 2. The minimum atomic E-state index is 0.720. The van der Waals surface area contributed by atoms with Gasteiger partial charge in [-0.25, -0.2) is 0 Å². The second-order valence-corrected chi connectivity index (χ2v) is 3.59. The maximum Gasteiger partial charge on any atom is 0.142 e. The van der Waals surface area contributed by atoms with Crippen LogP contribution in [-0.2, 0) is 6.42 Å². The molecule has 2 N–H and O–H groups in total. The van der Waals surface area contributed by atoms with Gasteiger partial charge in [-0.15, -0.1) is 0 Å². The van der Waals surface area contributed by atoms with Gasteiger partial charge in [0.1, 0.15) is 5.75 Å². The Labute approximate surface area is 89.7 Å². The number of rotatable bonds is 2. The van der Waals surface area contributed by atoms with Crippen LogP contribution in [0.15, 0.2) is 30.3 Å². The molecule has 0 saturated carbocycles. The molecular formula is C13H15NO. The van der Waals surface area contributed by atoms with E-state index in [1.54, 1.807) is 7.11 Å². The Hall–Kier alpha value is -1.70. The lowest BCUT2D eigenvalue weighted by molar-refractivity contribution is 0.417. The Balaban J connectivity index is 2.68. The molecule has 0 amide bonds. The summed E-state index contributed by atoms with van der Waals surface area (Å²) < 4.78 is 5.18. The molecule has 0 atom stereocenters. The largest absolute Gasteiger partial charge is 0.495 e. The molecule has 0 spiro atoms. The number of aryl methyl sites for hydroxylation is 1. The lowest BCUT2D eigenvalue weighted by atomic mass is 10.0. The van der Waals surface area contributed by atoms with Crippen LogP contribution in [0.1, 0.15) is 12.5 Å². The fourth-order valence-corrected chi connectivity index (χ4v) is 1.78. The SMILES string of the molecule is CCc1ccc2c(N)c(OC)ccc2c1. The van der Waals surface area contributed by atoms with Gasteiger partial charge < -0.3 is 10.5 Å². The molecule has 2 aromatic rings. The molecule has 0 heterocycles. The predicted molar refractivity (Wildman–Crippen MR) is 64.3 cm³/mol. The first kappa shape index (κ1) is 9.84. The summed E-state index contributed by atoms with van der Waals surface area (Å²) in [6, 6.07) is 10.3. The van der Waals surface area contributed by atoms with E-state index in [0.717, 1.165) is 23.2 Å². The van der Waals surface area contributed by atoms with Crippen molar-refractivity contribution in [3.63, 3.8) is 0 Å². The molecule has 0 aliphatic heterocycles. The molecule has 2 rings (SSSR count). The summed E-state index contributed by atoms with van der Waals surface area (Å²) in [7, 11) is 1.64. The maximum absolute atomic E-state index is 6.00. The molecule has 0 aliphatic rings. The van der Waals surface area contributed by atoms with Gasteiger partial charge in [0, 0.05) is 5.39 Å². The summed E-state index contributed by atoms with van der Waals surface area (Å²) in [6.45, 7) is 2.15. The zero-order valence-electron chi connectivity index (χ0n) is 9.08. The van der Waals surface area contributed by atoms with Crippen molar-refractivity contribution in [1.82, 2.24) is 0 Å². The highest BCUT2D eigenvalue weighted by Gasteiger charge is 2.04. The fourth-order valence-electron chi connectivity index (χ4n) is 1.78. The highest BCUT2D eigenvalue weighted by Crippen LogP contribution is 2.30. The monoisotopic (exact) mass is 201 g/mol.